The van der Waals surface area contributed by atoms with Crippen LogP contribution in [-0.2, 0) is 16.1 Å². The number of carbonyl (C=O) groups excluding carboxylic acids is 1. The zero-order valence-electron chi connectivity index (χ0n) is 13.5. The lowest BCUT2D eigenvalue weighted by atomic mass is 10.2. The Morgan fingerprint density at radius 1 is 1.64 bits per heavy atom. The van der Waals surface area contributed by atoms with Crippen LogP contribution in [0, 0.1) is 0 Å². The van der Waals surface area contributed by atoms with Crippen molar-refractivity contribution in [1.82, 2.24) is 15.2 Å². The van der Waals surface area contributed by atoms with E-state index in [0.29, 0.717) is 25.6 Å². The van der Waals surface area contributed by atoms with Gasteiger partial charge >= 0.3 is 0 Å². The molecule has 0 aromatic carbocycles. The zero-order valence-corrected chi connectivity index (χ0v) is 15.1. The molecule has 0 radical (unpaired) electrons. The molecule has 5 nitrogen and oxygen atoms in total. The fourth-order valence-electron chi connectivity index (χ4n) is 2.35. The van der Waals surface area contributed by atoms with E-state index >= 15 is 0 Å². The fraction of sp³-hybridized carbons (Fsp3) is 0.733. The first kappa shape index (κ1) is 17.7. The van der Waals surface area contributed by atoms with Gasteiger partial charge in [-0.1, -0.05) is 0 Å². The second-order valence-corrected chi connectivity index (χ2v) is 7.49. The third-order valence-electron chi connectivity index (χ3n) is 3.58. The molecule has 1 fully saturated rings. The number of thioether (sulfide) groups is 1. The van der Waals surface area contributed by atoms with Gasteiger partial charge in [-0.3, -0.25) is 4.79 Å². The van der Waals surface area contributed by atoms with Crippen LogP contribution in [-0.4, -0.2) is 53.5 Å². The van der Waals surface area contributed by atoms with E-state index in [1.165, 1.54) is 0 Å². The van der Waals surface area contributed by atoms with E-state index in [4.69, 9.17) is 4.74 Å². The van der Waals surface area contributed by atoms with Crippen LogP contribution in [0.5, 0.6) is 0 Å². The van der Waals surface area contributed by atoms with E-state index < -0.39 is 0 Å². The minimum atomic E-state index is 0.0215. The Morgan fingerprint density at radius 3 is 3.14 bits per heavy atom. The van der Waals surface area contributed by atoms with Crippen LogP contribution in [0.25, 0.3) is 0 Å². The topological polar surface area (TPSA) is 54.5 Å². The highest BCUT2D eigenvalue weighted by molar-refractivity contribution is 7.99. The molecule has 22 heavy (non-hydrogen) atoms. The summed E-state index contributed by atoms with van der Waals surface area (Å²) in [5, 5.41) is 6.40. The molecule has 1 aromatic rings. The lowest BCUT2D eigenvalue weighted by Gasteiger charge is -2.25. The molecule has 1 aromatic heterocycles. The van der Waals surface area contributed by atoms with Crippen molar-refractivity contribution in [3.63, 3.8) is 0 Å². The van der Waals surface area contributed by atoms with E-state index in [0.717, 1.165) is 28.8 Å². The highest BCUT2D eigenvalue weighted by Gasteiger charge is 2.20. The van der Waals surface area contributed by atoms with Gasteiger partial charge in [0.25, 0.3) is 0 Å². The summed E-state index contributed by atoms with van der Waals surface area (Å²) in [6.07, 6.45) is 0.587. The van der Waals surface area contributed by atoms with E-state index in [1.807, 2.05) is 38.0 Å². The van der Waals surface area contributed by atoms with Gasteiger partial charge in [0.1, 0.15) is 11.1 Å². The van der Waals surface area contributed by atoms with Gasteiger partial charge in [0, 0.05) is 49.5 Å². The van der Waals surface area contributed by atoms with Gasteiger partial charge in [-0.15, -0.1) is 11.3 Å². The third kappa shape index (κ3) is 5.22. The summed E-state index contributed by atoms with van der Waals surface area (Å²) in [5.74, 6) is 2.33. The molecule has 2 rings (SSSR count). The minimum absolute atomic E-state index is 0.0215. The van der Waals surface area contributed by atoms with E-state index in [2.05, 4.69) is 10.3 Å². The summed E-state index contributed by atoms with van der Waals surface area (Å²) in [7, 11) is 1.85. The van der Waals surface area contributed by atoms with E-state index in [-0.39, 0.29) is 12.0 Å². The van der Waals surface area contributed by atoms with Crippen LogP contribution in [0.2, 0.25) is 0 Å². The molecule has 1 aliphatic rings. The number of hydrogen-bond donors (Lipinski definition) is 1. The number of nitrogens with zero attached hydrogens (tertiary/aromatic N) is 2. The average molecular weight is 344 g/mol. The Kier molecular flexibility index (Phi) is 7.14. The molecule has 2 heterocycles. The Labute approximate surface area is 140 Å². The Hall–Kier alpha value is -0.630. The van der Waals surface area contributed by atoms with Gasteiger partial charge in [0.15, 0.2) is 0 Å². The number of carbonyl (C=O) groups is 1. The number of ether oxygens (including phenoxy) is 1. The molecule has 0 spiro atoms. The first-order valence-electron chi connectivity index (χ1n) is 7.71. The third-order valence-corrected chi connectivity index (χ3v) is 5.76. The molecule has 0 bridgehead atoms. The van der Waals surface area contributed by atoms with Crippen LogP contribution in [0.15, 0.2) is 5.38 Å². The molecule has 0 aliphatic carbocycles. The summed E-state index contributed by atoms with van der Waals surface area (Å²) < 4.78 is 5.55. The van der Waals surface area contributed by atoms with Crippen molar-refractivity contribution in [1.29, 1.82) is 0 Å². The average Bonchev–Trinajstić information content (AvgIpc) is 2.97. The molecular formula is C15H25N3O2S2. The van der Waals surface area contributed by atoms with Crippen LogP contribution >= 0.6 is 23.1 Å². The number of aromatic nitrogens is 1. The van der Waals surface area contributed by atoms with Crippen LogP contribution < -0.4 is 5.32 Å². The lowest BCUT2D eigenvalue weighted by molar-refractivity contribution is -0.130. The van der Waals surface area contributed by atoms with Crippen molar-refractivity contribution in [2.24, 2.45) is 0 Å². The van der Waals surface area contributed by atoms with E-state index in [9.17, 15) is 4.79 Å². The molecule has 0 saturated carbocycles. The van der Waals surface area contributed by atoms with Gasteiger partial charge in [0.05, 0.1) is 12.2 Å². The highest BCUT2D eigenvalue weighted by atomic mass is 32.2. The summed E-state index contributed by atoms with van der Waals surface area (Å²) in [5.41, 5.74) is 0.938. The molecule has 2 atom stereocenters. The maximum Gasteiger partial charge on any atom is 0.224 e. The molecule has 1 amide bonds. The van der Waals surface area contributed by atoms with Crippen molar-refractivity contribution in [3.05, 3.63) is 16.1 Å². The molecule has 7 heteroatoms. The molecular weight excluding hydrogens is 318 g/mol. The van der Waals surface area contributed by atoms with Crippen LogP contribution in [0.4, 0.5) is 0 Å². The number of hydrogen-bond acceptors (Lipinski definition) is 6. The molecule has 1 N–H and O–H groups in total. The Balaban J connectivity index is 1.82. The number of thiazole rings is 1. The van der Waals surface area contributed by atoms with Crippen molar-refractivity contribution in [2.45, 2.75) is 39.0 Å². The lowest BCUT2D eigenvalue weighted by Crippen LogP contribution is -2.41. The fourth-order valence-corrected chi connectivity index (χ4v) is 4.11. The molecule has 1 saturated heterocycles. The molecule has 1 aliphatic heterocycles. The highest BCUT2D eigenvalue weighted by Crippen LogP contribution is 2.21. The Bertz CT molecular complexity index is 475. The number of rotatable bonds is 7. The maximum atomic E-state index is 12.3. The number of nitrogens with one attached hydrogen (secondary N) is 1. The second kappa shape index (κ2) is 8.86. The van der Waals surface area contributed by atoms with Gasteiger partial charge in [-0.2, -0.15) is 11.8 Å². The number of amides is 1. The standard InChI is InChI=1S/C15H25N3O2S2/c1-4-20-11(2)15-17-13(10-22-15)8-18(3)14(19)7-12-9-21-6-5-16-12/h10-12,16H,4-9H2,1-3H3. The first-order valence-corrected chi connectivity index (χ1v) is 9.74. The van der Waals surface area contributed by atoms with Gasteiger partial charge in [-0.05, 0) is 13.8 Å². The van der Waals surface area contributed by atoms with Gasteiger partial charge < -0.3 is 15.0 Å². The van der Waals surface area contributed by atoms with Crippen LogP contribution in [0.1, 0.15) is 37.1 Å². The minimum Gasteiger partial charge on any atom is -0.372 e. The largest absolute Gasteiger partial charge is 0.372 e. The summed E-state index contributed by atoms with van der Waals surface area (Å²) in [6, 6.07) is 0.303. The predicted molar refractivity (Wildman–Crippen MR) is 92.4 cm³/mol. The van der Waals surface area contributed by atoms with Gasteiger partial charge in [0.2, 0.25) is 5.91 Å². The first-order chi connectivity index (χ1) is 10.6. The SMILES string of the molecule is CCOC(C)c1nc(CN(C)C(=O)CC2CSCCN2)cs1. The van der Waals surface area contributed by atoms with Crippen molar-refractivity contribution in [3.8, 4) is 0 Å². The monoisotopic (exact) mass is 343 g/mol. The van der Waals surface area contributed by atoms with Gasteiger partial charge in [-0.25, -0.2) is 4.98 Å². The van der Waals surface area contributed by atoms with Crippen molar-refractivity contribution < 1.29 is 9.53 Å². The smallest absolute Gasteiger partial charge is 0.224 e. The quantitative estimate of drug-likeness (QED) is 0.823. The summed E-state index contributed by atoms with van der Waals surface area (Å²) in [6.45, 7) is 6.23. The summed E-state index contributed by atoms with van der Waals surface area (Å²) in [4.78, 5) is 18.6. The summed E-state index contributed by atoms with van der Waals surface area (Å²) >= 11 is 3.51. The van der Waals surface area contributed by atoms with Crippen LogP contribution in [0.3, 0.4) is 0 Å². The van der Waals surface area contributed by atoms with Crippen molar-refractivity contribution in [2.75, 3.05) is 31.7 Å². The Morgan fingerprint density at radius 2 is 2.45 bits per heavy atom. The van der Waals surface area contributed by atoms with Crippen molar-refractivity contribution >= 4 is 29.0 Å². The molecule has 2 unspecified atom stereocenters. The second-order valence-electron chi connectivity index (χ2n) is 5.45. The normalized spacial score (nSPS) is 19.9. The van der Waals surface area contributed by atoms with E-state index in [1.54, 1.807) is 16.2 Å². The predicted octanol–water partition coefficient (Wildman–Crippen LogP) is 2.29. The molecule has 124 valence electrons. The zero-order chi connectivity index (χ0) is 15.9. The maximum absolute atomic E-state index is 12.3.